The minimum atomic E-state index is 0.290. The highest BCUT2D eigenvalue weighted by Gasteiger charge is 2.40. The molecule has 3 nitrogen and oxygen atoms in total. The van der Waals surface area contributed by atoms with Crippen molar-refractivity contribution in [2.24, 2.45) is 17.7 Å². The first kappa shape index (κ1) is 15.5. The summed E-state index contributed by atoms with van der Waals surface area (Å²) in [5.74, 6) is 6.86. The predicted octanol–water partition coefficient (Wildman–Crippen LogP) is 2.90. The lowest BCUT2D eigenvalue weighted by Gasteiger charge is -2.28. The number of hydrogen-bond acceptors (Lipinski definition) is 3. The minimum absolute atomic E-state index is 0.290. The molecule has 0 aromatic heterocycles. The Kier molecular flexibility index (Phi) is 5.58. The maximum absolute atomic E-state index is 5.94. The Bertz CT molecular complexity index is 395. The number of hydrazine groups is 1. The molecule has 0 spiro atoms. The topological polar surface area (TPSA) is 47.3 Å². The van der Waals surface area contributed by atoms with Gasteiger partial charge < -0.3 is 4.74 Å². The number of ether oxygens (including phenoxy) is 1. The van der Waals surface area contributed by atoms with Crippen molar-refractivity contribution in [2.45, 2.75) is 58.3 Å². The van der Waals surface area contributed by atoms with E-state index in [0.717, 1.165) is 19.3 Å². The van der Waals surface area contributed by atoms with Crippen LogP contribution in [0.1, 0.15) is 39.2 Å². The van der Waals surface area contributed by atoms with E-state index in [1.807, 2.05) is 0 Å². The van der Waals surface area contributed by atoms with Gasteiger partial charge in [-0.1, -0.05) is 37.3 Å². The number of aryl methyl sites for hydroxylation is 1. The van der Waals surface area contributed by atoms with Gasteiger partial charge in [0, 0.05) is 12.0 Å². The fourth-order valence-electron chi connectivity index (χ4n) is 3.54. The van der Waals surface area contributed by atoms with Gasteiger partial charge in [-0.2, -0.15) is 0 Å². The first-order valence-corrected chi connectivity index (χ1v) is 7.79. The fourth-order valence-corrected chi connectivity index (χ4v) is 3.54. The summed E-state index contributed by atoms with van der Waals surface area (Å²) in [7, 11) is 0. The standard InChI is InChI=1S/C17H28N2O/c1-12-13(2)20-14(3)17(12)16(19-18)11-7-10-15-8-5-4-6-9-15/h4-6,8-9,12-14,16-17,19H,7,10-11,18H2,1-3H3. The average Bonchev–Trinajstić information content (AvgIpc) is 2.70. The zero-order chi connectivity index (χ0) is 14.5. The third kappa shape index (κ3) is 3.60. The molecule has 5 atom stereocenters. The molecule has 1 fully saturated rings. The molecule has 0 radical (unpaired) electrons. The Balaban J connectivity index is 1.86. The summed E-state index contributed by atoms with van der Waals surface area (Å²) in [4.78, 5) is 0. The van der Waals surface area contributed by atoms with Crippen molar-refractivity contribution in [2.75, 3.05) is 0 Å². The summed E-state index contributed by atoms with van der Waals surface area (Å²) in [5.41, 5.74) is 4.43. The number of nitrogens with one attached hydrogen (secondary N) is 1. The van der Waals surface area contributed by atoms with Crippen LogP contribution in [0.3, 0.4) is 0 Å². The Morgan fingerprint density at radius 2 is 1.85 bits per heavy atom. The van der Waals surface area contributed by atoms with Crippen molar-refractivity contribution in [1.82, 2.24) is 5.43 Å². The summed E-state index contributed by atoms with van der Waals surface area (Å²) in [6.07, 6.45) is 3.99. The van der Waals surface area contributed by atoms with Gasteiger partial charge in [0.1, 0.15) is 0 Å². The molecule has 1 aliphatic rings. The van der Waals surface area contributed by atoms with Crippen LogP contribution in [-0.4, -0.2) is 18.2 Å². The maximum atomic E-state index is 5.94. The van der Waals surface area contributed by atoms with E-state index < -0.39 is 0 Å². The molecule has 1 saturated heterocycles. The van der Waals surface area contributed by atoms with Crippen molar-refractivity contribution < 1.29 is 4.74 Å². The second-order valence-corrected chi connectivity index (χ2v) is 6.13. The van der Waals surface area contributed by atoms with Crippen LogP contribution in [0.2, 0.25) is 0 Å². The van der Waals surface area contributed by atoms with Crippen LogP contribution in [0.5, 0.6) is 0 Å². The highest BCUT2D eigenvalue weighted by atomic mass is 16.5. The predicted molar refractivity (Wildman–Crippen MR) is 83.2 cm³/mol. The molecule has 112 valence electrons. The highest BCUT2D eigenvalue weighted by molar-refractivity contribution is 5.14. The zero-order valence-corrected chi connectivity index (χ0v) is 12.9. The normalized spacial score (nSPS) is 31.4. The van der Waals surface area contributed by atoms with Crippen LogP contribution in [0, 0.1) is 11.8 Å². The molecular weight excluding hydrogens is 248 g/mol. The Hall–Kier alpha value is -0.900. The molecule has 1 aliphatic heterocycles. The van der Waals surface area contributed by atoms with Crippen LogP contribution in [0.25, 0.3) is 0 Å². The molecular formula is C17H28N2O. The third-order valence-corrected chi connectivity index (χ3v) is 4.82. The number of hydrogen-bond donors (Lipinski definition) is 2. The number of rotatable bonds is 6. The molecule has 0 bridgehead atoms. The summed E-state index contributed by atoms with van der Waals surface area (Å²) in [6.45, 7) is 6.62. The SMILES string of the molecule is CC1OC(C)C(C(CCCc2ccccc2)NN)C1C. The quantitative estimate of drug-likeness (QED) is 0.620. The Morgan fingerprint density at radius 1 is 1.15 bits per heavy atom. The molecule has 1 aromatic carbocycles. The zero-order valence-electron chi connectivity index (χ0n) is 12.9. The van der Waals surface area contributed by atoms with Crippen LogP contribution in [0.15, 0.2) is 30.3 Å². The van der Waals surface area contributed by atoms with Crippen LogP contribution < -0.4 is 11.3 Å². The lowest BCUT2D eigenvalue weighted by molar-refractivity contribution is 0.0471. The number of benzene rings is 1. The van der Waals surface area contributed by atoms with Crippen LogP contribution in [-0.2, 0) is 11.2 Å². The smallest absolute Gasteiger partial charge is 0.0597 e. The van der Waals surface area contributed by atoms with E-state index >= 15 is 0 Å². The van der Waals surface area contributed by atoms with Gasteiger partial charge in [-0.15, -0.1) is 0 Å². The van der Waals surface area contributed by atoms with Crippen molar-refractivity contribution in [3.63, 3.8) is 0 Å². The average molecular weight is 276 g/mol. The third-order valence-electron chi connectivity index (χ3n) is 4.82. The van der Waals surface area contributed by atoms with E-state index in [-0.39, 0.29) is 6.10 Å². The van der Waals surface area contributed by atoms with Crippen LogP contribution >= 0.6 is 0 Å². The molecule has 2 rings (SSSR count). The van der Waals surface area contributed by atoms with Crippen molar-refractivity contribution in [3.8, 4) is 0 Å². The van der Waals surface area contributed by atoms with Gasteiger partial charge in [-0.3, -0.25) is 11.3 Å². The van der Waals surface area contributed by atoms with E-state index in [9.17, 15) is 0 Å². The van der Waals surface area contributed by atoms with Crippen molar-refractivity contribution >= 4 is 0 Å². The van der Waals surface area contributed by atoms with Gasteiger partial charge in [-0.25, -0.2) is 0 Å². The summed E-state index contributed by atoms with van der Waals surface area (Å²) in [6, 6.07) is 11.0. The molecule has 0 aliphatic carbocycles. The molecule has 20 heavy (non-hydrogen) atoms. The van der Waals surface area contributed by atoms with Gasteiger partial charge in [0.25, 0.3) is 0 Å². The van der Waals surface area contributed by atoms with E-state index in [4.69, 9.17) is 10.6 Å². The van der Waals surface area contributed by atoms with Crippen molar-refractivity contribution in [3.05, 3.63) is 35.9 Å². The van der Waals surface area contributed by atoms with E-state index in [0.29, 0.717) is 24.0 Å². The molecule has 1 heterocycles. The van der Waals surface area contributed by atoms with Crippen molar-refractivity contribution in [1.29, 1.82) is 0 Å². The molecule has 3 N–H and O–H groups in total. The van der Waals surface area contributed by atoms with Gasteiger partial charge in [0.2, 0.25) is 0 Å². The lowest BCUT2D eigenvalue weighted by Crippen LogP contribution is -2.45. The van der Waals surface area contributed by atoms with E-state index in [1.165, 1.54) is 5.56 Å². The summed E-state index contributed by atoms with van der Waals surface area (Å²) in [5, 5.41) is 0. The lowest BCUT2D eigenvalue weighted by atomic mass is 9.81. The van der Waals surface area contributed by atoms with Gasteiger partial charge in [0.15, 0.2) is 0 Å². The highest BCUT2D eigenvalue weighted by Crippen LogP contribution is 2.35. The minimum Gasteiger partial charge on any atom is -0.375 e. The molecule has 5 unspecified atom stereocenters. The largest absolute Gasteiger partial charge is 0.375 e. The Labute approximate surface area is 122 Å². The van der Waals surface area contributed by atoms with Gasteiger partial charge in [-0.05, 0) is 44.6 Å². The second-order valence-electron chi connectivity index (χ2n) is 6.13. The molecule has 3 heteroatoms. The monoisotopic (exact) mass is 276 g/mol. The van der Waals surface area contributed by atoms with E-state index in [2.05, 4.69) is 56.5 Å². The van der Waals surface area contributed by atoms with Gasteiger partial charge >= 0.3 is 0 Å². The maximum Gasteiger partial charge on any atom is 0.0597 e. The molecule has 1 aromatic rings. The second kappa shape index (κ2) is 7.21. The van der Waals surface area contributed by atoms with Crippen LogP contribution in [0.4, 0.5) is 0 Å². The molecule has 0 saturated carbocycles. The first-order valence-electron chi connectivity index (χ1n) is 7.79. The first-order chi connectivity index (χ1) is 9.63. The van der Waals surface area contributed by atoms with E-state index in [1.54, 1.807) is 0 Å². The summed E-state index contributed by atoms with van der Waals surface area (Å²) >= 11 is 0. The van der Waals surface area contributed by atoms with Gasteiger partial charge in [0.05, 0.1) is 12.2 Å². The molecule has 0 amide bonds. The summed E-state index contributed by atoms with van der Waals surface area (Å²) < 4.78 is 5.94. The fraction of sp³-hybridized carbons (Fsp3) is 0.647. The number of nitrogens with two attached hydrogens (primary N) is 1. The Morgan fingerprint density at radius 3 is 2.40 bits per heavy atom.